The predicted molar refractivity (Wildman–Crippen MR) is 66.1 cm³/mol. The van der Waals surface area contributed by atoms with Crippen LogP contribution in [-0.4, -0.2) is 31.2 Å². The summed E-state index contributed by atoms with van der Waals surface area (Å²) in [6.07, 6.45) is 0. The number of nitro benzene ring substituents is 1. The second kappa shape index (κ2) is 7.04. The van der Waals surface area contributed by atoms with Crippen LogP contribution in [0.1, 0.15) is 10.4 Å². The maximum absolute atomic E-state index is 11.6. The number of methoxy groups -OCH3 is 1. The first-order valence-electron chi connectivity index (χ1n) is 4.91. The number of amides is 1. The van der Waals surface area contributed by atoms with Gasteiger partial charge in [0, 0.05) is 18.7 Å². The van der Waals surface area contributed by atoms with Crippen LogP contribution in [0.4, 0.5) is 5.69 Å². The molecule has 8 heteroatoms. The summed E-state index contributed by atoms with van der Waals surface area (Å²) in [4.78, 5) is 26.5. The van der Waals surface area contributed by atoms with Crippen LogP contribution in [0, 0.1) is 10.1 Å². The van der Waals surface area contributed by atoms with Gasteiger partial charge in [0.25, 0.3) is 11.6 Å². The average molecular weight is 319 g/mol. The van der Waals surface area contributed by atoms with Crippen LogP contribution in [0.25, 0.3) is 0 Å². The van der Waals surface area contributed by atoms with Crippen LogP contribution in [0.15, 0.2) is 22.7 Å². The van der Waals surface area contributed by atoms with E-state index in [1.165, 1.54) is 25.3 Å². The summed E-state index contributed by atoms with van der Waals surface area (Å²) in [6.45, 7) is 0.529. The van der Waals surface area contributed by atoms with E-state index in [0.717, 1.165) is 0 Å². The lowest BCUT2D eigenvalue weighted by atomic mass is 10.2. The maximum Gasteiger partial charge on any atom is 0.284 e. The molecule has 1 N–H and O–H groups in total. The Morgan fingerprint density at radius 3 is 2.83 bits per heavy atom. The van der Waals surface area contributed by atoms with Crippen molar-refractivity contribution < 1.29 is 19.3 Å². The van der Waals surface area contributed by atoms with Crippen LogP contribution in [-0.2, 0) is 9.57 Å². The minimum absolute atomic E-state index is 0.141. The van der Waals surface area contributed by atoms with Crippen molar-refractivity contribution in [2.45, 2.75) is 0 Å². The quantitative estimate of drug-likeness (QED) is 0.489. The van der Waals surface area contributed by atoms with Crippen LogP contribution in [0.5, 0.6) is 0 Å². The van der Waals surface area contributed by atoms with E-state index < -0.39 is 10.8 Å². The normalized spacial score (nSPS) is 10.1. The summed E-state index contributed by atoms with van der Waals surface area (Å²) in [6, 6.07) is 4.05. The van der Waals surface area contributed by atoms with Crippen LogP contribution in [0.2, 0.25) is 0 Å². The molecule has 1 aromatic rings. The van der Waals surface area contributed by atoms with E-state index in [1.807, 2.05) is 0 Å². The van der Waals surface area contributed by atoms with Crippen LogP contribution in [0.3, 0.4) is 0 Å². The van der Waals surface area contributed by atoms with Crippen molar-refractivity contribution in [2.75, 3.05) is 20.3 Å². The van der Waals surface area contributed by atoms with Gasteiger partial charge < -0.3 is 4.74 Å². The van der Waals surface area contributed by atoms with Gasteiger partial charge in [-0.2, -0.15) is 0 Å². The number of ether oxygens (including phenoxy) is 1. The van der Waals surface area contributed by atoms with Crippen molar-refractivity contribution in [3.8, 4) is 0 Å². The standard InChI is InChI=1S/C10H11BrN2O5/c1-17-4-5-18-12-10(14)7-2-3-8(11)9(6-7)13(15)16/h2-3,6H,4-5H2,1H3,(H,12,14). The molecule has 0 radical (unpaired) electrons. The number of nitro groups is 1. The third-order valence-electron chi connectivity index (χ3n) is 1.96. The largest absolute Gasteiger partial charge is 0.382 e. The van der Waals surface area contributed by atoms with Gasteiger partial charge in [0.1, 0.15) is 0 Å². The van der Waals surface area contributed by atoms with Gasteiger partial charge in [-0.05, 0) is 28.1 Å². The molecule has 1 aromatic carbocycles. The Labute approximate surface area is 111 Å². The summed E-state index contributed by atoms with van der Waals surface area (Å²) in [5.74, 6) is -0.554. The van der Waals surface area contributed by atoms with E-state index in [9.17, 15) is 14.9 Å². The molecule has 0 saturated heterocycles. The molecule has 0 unspecified atom stereocenters. The average Bonchev–Trinajstić information content (AvgIpc) is 2.34. The van der Waals surface area contributed by atoms with E-state index in [-0.39, 0.29) is 17.9 Å². The Morgan fingerprint density at radius 1 is 1.50 bits per heavy atom. The molecule has 0 spiro atoms. The van der Waals surface area contributed by atoms with E-state index >= 15 is 0 Å². The summed E-state index contributed by atoms with van der Waals surface area (Å²) < 4.78 is 5.03. The first-order valence-corrected chi connectivity index (χ1v) is 5.70. The zero-order valence-corrected chi connectivity index (χ0v) is 11.1. The van der Waals surface area contributed by atoms with Crippen molar-refractivity contribution >= 4 is 27.5 Å². The lowest BCUT2D eigenvalue weighted by Gasteiger charge is -2.05. The second-order valence-electron chi connectivity index (χ2n) is 3.20. The zero-order valence-electron chi connectivity index (χ0n) is 9.51. The highest BCUT2D eigenvalue weighted by Crippen LogP contribution is 2.25. The molecule has 0 aliphatic carbocycles. The zero-order chi connectivity index (χ0) is 13.5. The Hall–Kier alpha value is -1.51. The molecule has 98 valence electrons. The van der Waals surface area contributed by atoms with Crippen molar-refractivity contribution in [2.24, 2.45) is 0 Å². The smallest absolute Gasteiger partial charge is 0.284 e. The summed E-state index contributed by atoms with van der Waals surface area (Å²) in [7, 11) is 1.50. The van der Waals surface area contributed by atoms with Gasteiger partial charge in [-0.15, -0.1) is 0 Å². The number of hydrogen-bond donors (Lipinski definition) is 1. The third-order valence-corrected chi connectivity index (χ3v) is 2.63. The monoisotopic (exact) mass is 318 g/mol. The summed E-state index contributed by atoms with van der Waals surface area (Å²) in [5.41, 5.74) is 2.12. The van der Waals surface area contributed by atoms with Crippen molar-refractivity contribution in [3.05, 3.63) is 38.3 Å². The van der Waals surface area contributed by atoms with Gasteiger partial charge >= 0.3 is 0 Å². The Kier molecular flexibility index (Phi) is 5.69. The molecule has 0 atom stereocenters. The number of nitrogens with zero attached hydrogens (tertiary/aromatic N) is 1. The van der Waals surface area contributed by atoms with Gasteiger partial charge in [0.15, 0.2) is 0 Å². The number of halogens is 1. The third kappa shape index (κ3) is 4.06. The molecule has 0 aromatic heterocycles. The van der Waals surface area contributed by atoms with Crippen molar-refractivity contribution in [1.82, 2.24) is 5.48 Å². The fourth-order valence-electron chi connectivity index (χ4n) is 1.09. The number of carbonyl (C=O) groups excluding carboxylic acids is 1. The van der Waals surface area contributed by atoms with Gasteiger partial charge in [-0.25, -0.2) is 5.48 Å². The summed E-state index contributed by atoms with van der Waals surface area (Å²) in [5, 5.41) is 10.7. The van der Waals surface area contributed by atoms with E-state index in [0.29, 0.717) is 11.1 Å². The number of nitrogens with one attached hydrogen (secondary N) is 1. The molecule has 18 heavy (non-hydrogen) atoms. The minimum atomic E-state index is -0.577. The summed E-state index contributed by atoms with van der Waals surface area (Å²) >= 11 is 3.03. The minimum Gasteiger partial charge on any atom is -0.382 e. The number of hydroxylamine groups is 1. The van der Waals surface area contributed by atoms with Crippen molar-refractivity contribution in [3.63, 3.8) is 0 Å². The number of hydrogen-bond acceptors (Lipinski definition) is 5. The van der Waals surface area contributed by atoms with E-state index in [4.69, 9.17) is 9.57 Å². The molecule has 0 aliphatic heterocycles. The molecule has 0 heterocycles. The Balaban J connectivity index is 2.68. The van der Waals surface area contributed by atoms with Gasteiger partial charge in [-0.1, -0.05) is 0 Å². The SMILES string of the molecule is COCCONC(=O)c1ccc(Br)c([N+](=O)[O-])c1. The number of rotatable bonds is 6. The van der Waals surface area contributed by atoms with Gasteiger partial charge in [-0.3, -0.25) is 19.7 Å². The lowest BCUT2D eigenvalue weighted by Crippen LogP contribution is -2.25. The van der Waals surface area contributed by atoms with Crippen LogP contribution < -0.4 is 5.48 Å². The first kappa shape index (κ1) is 14.6. The molecule has 7 nitrogen and oxygen atoms in total. The fraction of sp³-hybridized carbons (Fsp3) is 0.300. The van der Waals surface area contributed by atoms with Crippen LogP contribution >= 0.6 is 15.9 Å². The predicted octanol–water partition coefficient (Wildman–Crippen LogP) is 1.67. The highest BCUT2D eigenvalue weighted by molar-refractivity contribution is 9.10. The fourth-order valence-corrected chi connectivity index (χ4v) is 1.49. The Bertz CT molecular complexity index is 452. The second-order valence-corrected chi connectivity index (χ2v) is 4.05. The van der Waals surface area contributed by atoms with Gasteiger partial charge in [0.05, 0.1) is 22.6 Å². The van der Waals surface area contributed by atoms with Crippen molar-refractivity contribution in [1.29, 1.82) is 0 Å². The van der Waals surface area contributed by atoms with E-state index in [1.54, 1.807) is 0 Å². The van der Waals surface area contributed by atoms with Gasteiger partial charge in [0.2, 0.25) is 0 Å². The molecular weight excluding hydrogens is 308 g/mol. The van der Waals surface area contributed by atoms with E-state index in [2.05, 4.69) is 21.4 Å². The molecule has 0 aliphatic rings. The number of carbonyl (C=O) groups is 1. The molecule has 0 saturated carbocycles. The molecular formula is C10H11BrN2O5. The highest BCUT2D eigenvalue weighted by atomic mass is 79.9. The highest BCUT2D eigenvalue weighted by Gasteiger charge is 2.15. The number of benzene rings is 1. The molecule has 1 amide bonds. The maximum atomic E-state index is 11.6. The Morgan fingerprint density at radius 2 is 2.22 bits per heavy atom. The topological polar surface area (TPSA) is 90.7 Å². The molecule has 1 rings (SSSR count). The molecule has 0 bridgehead atoms. The molecule has 0 fully saturated rings. The first-order chi connectivity index (χ1) is 8.56. The lowest BCUT2D eigenvalue weighted by molar-refractivity contribution is -0.385.